The standard InChI is InChI=1S/C22H29NO3S/c1-15-7-9-18(10-8-15)13-27(25)14-19-11-12-21(26-19)22(24)23-20-6-4-5-16(2)17(20)3/h7-12,16-17,20H,4-6,13-14H2,1-3H3,(H,23,24)/t16-,17-,20+,27+/m0/s1. The fourth-order valence-electron chi connectivity index (χ4n) is 3.68. The molecule has 1 aliphatic rings. The smallest absolute Gasteiger partial charge is 0.287 e. The maximum absolute atomic E-state index is 12.5. The molecule has 5 heteroatoms. The summed E-state index contributed by atoms with van der Waals surface area (Å²) < 4.78 is 18.1. The van der Waals surface area contributed by atoms with E-state index in [1.807, 2.05) is 31.2 Å². The molecule has 2 aromatic rings. The van der Waals surface area contributed by atoms with E-state index < -0.39 is 10.8 Å². The Bertz CT molecular complexity index is 796. The molecule has 1 aromatic heterocycles. The Hall–Kier alpha value is -1.88. The minimum absolute atomic E-state index is 0.170. The summed E-state index contributed by atoms with van der Waals surface area (Å²) in [7, 11) is -1.07. The maximum atomic E-state index is 12.5. The van der Waals surface area contributed by atoms with Gasteiger partial charge in [0.25, 0.3) is 5.91 Å². The van der Waals surface area contributed by atoms with Crippen molar-refractivity contribution in [3.63, 3.8) is 0 Å². The van der Waals surface area contributed by atoms with Crippen molar-refractivity contribution in [2.75, 3.05) is 0 Å². The lowest BCUT2D eigenvalue weighted by molar-refractivity contribution is 0.0861. The Morgan fingerprint density at radius 3 is 2.59 bits per heavy atom. The highest BCUT2D eigenvalue weighted by atomic mass is 32.2. The van der Waals surface area contributed by atoms with Gasteiger partial charge in [-0.2, -0.15) is 0 Å². The first-order valence-corrected chi connectivity index (χ1v) is 11.2. The van der Waals surface area contributed by atoms with Gasteiger partial charge in [0.15, 0.2) is 5.76 Å². The Morgan fingerprint density at radius 1 is 1.11 bits per heavy atom. The molecule has 146 valence electrons. The van der Waals surface area contributed by atoms with E-state index in [4.69, 9.17) is 4.42 Å². The summed E-state index contributed by atoms with van der Waals surface area (Å²) in [5, 5.41) is 3.12. The SMILES string of the molecule is Cc1ccc(C[S@@](=O)Cc2ccc(C(=O)N[C@@H]3CCC[C@H](C)[C@@H]3C)o2)cc1. The van der Waals surface area contributed by atoms with E-state index in [2.05, 4.69) is 19.2 Å². The molecule has 1 heterocycles. The molecule has 0 radical (unpaired) electrons. The highest BCUT2D eigenvalue weighted by Crippen LogP contribution is 2.29. The van der Waals surface area contributed by atoms with E-state index in [-0.39, 0.29) is 11.9 Å². The molecule has 0 saturated heterocycles. The van der Waals surface area contributed by atoms with Gasteiger partial charge in [-0.1, -0.05) is 56.5 Å². The maximum Gasteiger partial charge on any atom is 0.287 e. The lowest BCUT2D eigenvalue weighted by Crippen LogP contribution is -2.43. The molecule has 3 rings (SSSR count). The van der Waals surface area contributed by atoms with Crippen LogP contribution in [0.4, 0.5) is 0 Å². The van der Waals surface area contributed by atoms with Crippen LogP contribution in [0.2, 0.25) is 0 Å². The average Bonchev–Trinajstić information content (AvgIpc) is 3.09. The quantitative estimate of drug-likeness (QED) is 0.788. The Labute approximate surface area is 164 Å². The molecule has 1 amide bonds. The van der Waals surface area contributed by atoms with Crippen LogP contribution >= 0.6 is 0 Å². The number of amides is 1. The number of hydrogen-bond donors (Lipinski definition) is 1. The van der Waals surface area contributed by atoms with Crippen LogP contribution in [0.25, 0.3) is 0 Å². The van der Waals surface area contributed by atoms with Crippen molar-refractivity contribution >= 4 is 16.7 Å². The van der Waals surface area contributed by atoms with Gasteiger partial charge in [0.05, 0.1) is 5.75 Å². The van der Waals surface area contributed by atoms with Crippen LogP contribution in [-0.2, 0) is 22.3 Å². The first-order chi connectivity index (χ1) is 12.9. The minimum Gasteiger partial charge on any atom is -0.455 e. The predicted molar refractivity (Wildman–Crippen MR) is 109 cm³/mol. The lowest BCUT2D eigenvalue weighted by Gasteiger charge is -2.34. The Kier molecular flexibility index (Phi) is 6.53. The summed E-state index contributed by atoms with van der Waals surface area (Å²) in [6.45, 7) is 6.48. The molecule has 27 heavy (non-hydrogen) atoms. The number of hydrogen-bond acceptors (Lipinski definition) is 3. The fourth-order valence-corrected chi connectivity index (χ4v) is 4.82. The van der Waals surface area contributed by atoms with Crippen molar-refractivity contribution in [3.05, 3.63) is 59.0 Å². The number of carbonyl (C=O) groups excluding carboxylic acids is 1. The van der Waals surface area contributed by atoms with E-state index >= 15 is 0 Å². The highest BCUT2D eigenvalue weighted by Gasteiger charge is 2.29. The van der Waals surface area contributed by atoms with E-state index in [1.54, 1.807) is 12.1 Å². The van der Waals surface area contributed by atoms with Crippen molar-refractivity contribution in [2.45, 2.75) is 57.6 Å². The number of nitrogens with one attached hydrogen (secondary N) is 1. The van der Waals surface area contributed by atoms with Crippen LogP contribution in [0.5, 0.6) is 0 Å². The summed E-state index contributed by atoms with van der Waals surface area (Å²) >= 11 is 0. The van der Waals surface area contributed by atoms with E-state index in [9.17, 15) is 9.00 Å². The summed E-state index contributed by atoms with van der Waals surface area (Å²) in [5.74, 6) is 2.63. The number of carbonyl (C=O) groups is 1. The average molecular weight is 388 g/mol. The van der Waals surface area contributed by atoms with Crippen LogP contribution in [0.3, 0.4) is 0 Å². The van der Waals surface area contributed by atoms with Gasteiger partial charge in [-0.15, -0.1) is 0 Å². The molecule has 0 unspecified atom stereocenters. The largest absolute Gasteiger partial charge is 0.455 e. The monoisotopic (exact) mass is 387 g/mol. The zero-order chi connectivity index (χ0) is 19.4. The number of furan rings is 1. The number of aryl methyl sites for hydroxylation is 1. The minimum atomic E-state index is -1.07. The summed E-state index contributed by atoms with van der Waals surface area (Å²) in [6, 6.07) is 11.7. The van der Waals surface area contributed by atoms with Gasteiger partial charge in [0.1, 0.15) is 5.76 Å². The van der Waals surface area contributed by atoms with Gasteiger partial charge in [0, 0.05) is 22.6 Å². The van der Waals surface area contributed by atoms with Gasteiger partial charge < -0.3 is 9.73 Å². The van der Waals surface area contributed by atoms with Crippen LogP contribution in [0.15, 0.2) is 40.8 Å². The number of benzene rings is 1. The molecule has 4 nitrogen and oxygen atoms in total. The van der Waals surface area contributed by atoms with Crippen molar-refractivity contribution in [3.8, 4) is 0 Å². The van der Waals surface area contributed by atoms with Crippen LogP contribution in [-0.4, -0.2) is 16.2 Å². The first-order valence-electron chi connectivity index (χ1n) is 9.72. The van der Waals surface area contributed by atoms with Crippen molar-refractivity contribution < 1.29 is 13.4 Å². The molecule has 0 spiro atoms. The zero-order valence-corrected chi connectivity index (χ0v) is 17.2. The van der Waals surface area contributed by atoms with Crippen molar-refractivity contribution in [2.24, 2.45) is 11.8 Å². The molecule has 4 atom stereocenters. The third kappa shape index (κ3) is 5.32. The summed E-state index contributed by atoms with van der Waals surface area (Å²) in [4.78, 5) is 12.5. The molecule has 1 N–H and O–H groups in total. The molecule has 0 aliphatic heterocycles. The van der Waals surface area contributed by atoms with E-state index in [0.717, 1.165) is 18.4 Å². The van der Waals surface area contributed by atoms with E-state index in [0.29, 0.717) is 34.9 Å². The first kappa shape index (κ1) is 19.9. The Morgan fingerprint density at radius 2 is 1.85 bits per heavy atom. The second-order valence-corrected chi connectivity index (χ2v) is 9.28. The normalized spacial score (nSPS) is 23.7. The predicted octanol–water partition coefficient (Wildman–Crippen LogP) is 4.59. The second-order valence-electron chi connectivity index (χ2n) is 7.83. The number of rotatable bonds is 6. The van der Waals surface area contributed by atoms with Gasteiger partial charge >= 0.3 is 0 Å². The van der Waals surface area contributed by atoms with Gasteiger partial charge in [-0.05, 0) is 42.9 Å². The Balaban J connectivity index is 1.55. The van der Waals surface area contributed by atoms with E-state index in [1.165, 1.54) is 12.0 Å². The zero-order valence-electron chi connectivity index (χ0n) is 16.4. The van der Waals surface area contributed by atoms with Crippen molar-refractivity contribution in [1.82, 2.24) is 5.32 Å². The van der Waals surface area contributed by atoms with Crippen LogP contribution in [0.1, 0.15) is 60.6 Å². The van der Waals surface area contributed by atoms with Gasteiger partial charge in [0.2, 0.25) is 0 Å². The molecule has 1 aromatic carbocycles. The third-order valence-corrected chi connectivity index (χ3v) is 6.92. The molecule has 0 bridgehead atoms. The molecular weight excluding hydrogens is 358 g/mol. The molecule has 1 fully saturated rings. The van der Waals surface area contributed by atoms with Crippen molar-refractivity contribution in [1.29, 1.82) is 0 Å². The van der Waals surface area contributed by atoms with Gasteiger partial charge in [-0.3, -0.25) is 9.00 Å². The summed E-state index contributed by atoms with van der Waals surface area (Å²) in [6.07, 6.45) is 3.40. The second kappa shape index (κ2) is 8.87. The summed E-state index contributed by atoms with van der Waals surface area (Å²) in [5.41, 5.74) is 2.23. The topological polar surface area (TPSA) is 59.3 Å². The molecule has 1 saturated carbocycles. The molecular formula is C22H29NO3S. The highest BCUT2D eigenvalue weighted by molar-refractivity contribution is 7.83. The lowest BCUT2D eigenvalue weighted by atomic mass is 9.78. The third-order valence-electron chi connectivity index (χ3n) is 5.66. The van der Waals surface area contributed by atoms with Gasteiger partial charge in [-0.25, -0.2) is 0 Å². The molecule has 1 aliphatic carbocycles. The van der Waals surface area contributed by atoms with Crippen LogP contribution in [0, 0.1) is 18.8 Å². The van der Waals surface area contributed by atoms with Crippen LogP contribution < -0.4 is 5.32 Å². The fraction of sp³-hybridized carbons (Fsp3) is 0.500.